The topological polar surface area (TPSA) is 93.7 Å². The number of benzene rings is 1. The van der Waals surface area contributed by atoms with Crippen molar-refractivity contribution >= 4 is 39.9 Å². The van der Waals surface area contributed by atoms with Gasteiger partial charge >= 0.3 is 12.0 Å². The molecule has 0 unspecified atom stereocenters. The molecule has 2 rings (SSSR count). The molecule has 1 aliphatic heterocycles. The van der Waals surface area contributed by atoms with Gasteiger partial charge in [0.05, 0.1) is 7.11 Å². The normalized spacial score (nSPS) is 15.6. The van der Waals surface area contributed by atoms with Crippen molar-refractivity contribution in [1.29, 1.82) is 0 Å². The van der Waals surface area contributed by atoms with Gasteiger partial charge in [0.2, 0.25) is 0 Å². The quantitative estimate of drug-likeness (QED) is 0.481. The van der Waals surface area contributed by atoms with E-state index in [4.69, 9.17) is 4.74 Å². The molecule has 0 atom stereocenters. The van der Waals surface area contributed by atoms with Crippen molar-refractivity contribution < 1.29 is 23.9 Å². The number of amides is 3. The molecule has 1 aromatic rings. The number of nitrogens with one attached hydrogen (secondary N) is 2. The first kappa shape index (κ1) is 15.0. The molecule has 1 fully saturated rings. The summed E-state index contributed by atoms with van der Waals surface area (Å²) in [5.41, 5.74) is 0.627. The van der Waals surface area contributed by atoms with Crippen LogP contribution in [-0.2, 0) is 14.3 Å². The number of hydrogen-bond donors (Lipinski definition) is 2. The highest BCUT2D eigenvalue weighted by molar-refractivity contribution is 9.10. The number of esters is 1. The molecule has 0 aromatic heterocycles. The molecule has 1 heterocycles. The van der Waals surface area contributed by atoms with E-state index in [1.54, 1.807) is 18.2 Å². The van der Waals surface area contributed by atoms with E-state index in [1.807, 2.05) is 0 Å². The van der Waals surface area contributed by atoms with Crippen LogP contribution in [0, 0.1) is 0 Å². The predicted octanol–water partition coefficient (Wildman–Crippen LogP) is 1.18. The molecule has 0 bridgehead atoms. The van der Waals surface area contributed by atoms with Crippen molar-refractivity contribution in [3.63, 3.8) is 0 Å². The third-order valence-electron chi connectivity index (χ3n) is 2.56. The molecule has 0 aliphatic carbocycles. The molecule has 110 valence electrons. The zero-order valence-electron chi connectivity index (χ0n) is 10.9. The standard InChI is InChI=1S/C13H11BrN2O5/c1-20-11(17)6-21-10-3-2-8(14)4-7(10)5-9-12(18)16-13(19)15-9/h2-5H,6H2,1H3,(H2,15,16,18,19)/b9-5+. The van der Waals surface area contributed by atoms with E-state index in [9.17, 15) is 14.4 Å². The number of halogens is 1. The molecule has 2 N–H and O–H groups in total. The summed E-state index contributed by atoms with van der Waals surface area (Å²) in [4.78, 5) is 33.7. The number of carbonyl (C=O) groups excluding carboxylic acids is 3. The molecule has 1 saturated heterocycles. The molecule has 0 saturated carbocycles. The van der Waals surface area contributed by atoms with E-state index in [0.29, 0.717) is 11.3 Å². The van der Waals surface area contributed by atoms with Gasteiger partial charge in [0.1, 0.15) is 11.4 Å². The Morgan fingerprint density at radius 2 is 2.10 bits per heavy atom. The van der Waals surface area contributed by atoms with E-state index >= 15 is 0 Å². The Labute approximate surface area is 128 Å². The Morgan fingerprint density at radius 3 is 2.71 bits per heavy atom. The fourth-order valence-corrected chi connectivity index (χ4v) is 1.98. The summed E-state index contributed by atoms with van der Waals surface area (Å²) < 4.78 is 10.6. The van der Waals surface area contributed by atoms with Crippen molar-refractivity contribution in [2.45, 2.75) is 0 Å². The average molecular weight is 355 g/mol. The molecule has 1 aromatic carbocycles. The second-order valence-electron chi connectivity index (χ2n) is 4.01. The van der Waals surface area contributed by atoms with Gasteiger partial charge in [-0.25, -0.2) is 9.59 Å². The first-order chi connectivity index (χ1) is 9.99. The molecule has 0 spiro atoms. The maximum atomic E-state index is 11.5. The lowest BCUT2D eigenvalue weighted by Crippen LogP contribution is -2.22. The minimum Gasteiger partial charge on any atom is -0.481 e. The van der Waals surface area contributed by atoms with Crippen molar-refractivity contribution in [2.24, 2.45) is 0 Å². The first-order valence-electron chi connectivity index (χ1n) is 5.83. The number of hydrogen-bond acceptors (Lipinski definition) is 5. The monoisotopic (exact) mass is 354 g/mol. The Kier molecular flexibility index (Phi) is 4.59. The second kappa shape index (κ2) is 6.40. The number of carbonyl (C=O) groups is 3. The van der Waals surface area contributed by atoms with Gasteiger partial charge in [-0.2, -0.15) is 0 Å². The van der Waals surface area contributed by atoms with Crippen LogP contribution >= 0.6 is 15.9 Å². The molecule has 7 nitrogen and oxygen atoms in total. The third kappa shape index (κ3) is 3.82. The minimum atomic E-state index is -0.585. The first-order valence-corrected chi connectivity index (χ1v) is 6.62. The second-order valence-corrected chi connectivity index (χ2v) is 4.93. The Hall–Kier alpha value is -2.35. The highest BCUT2D eigenvalue weighted by atomic mass is 79.9. The van der Waals surface area contributed by atoms with Gasteiger partial charge in [-0.3, -0.25) is 10.1 Å². The van der Waals surface area contributed by atoms with Crippen LogP contribution in [0.15, 0.2) is 28.4 Å². The van der Waals surface area contributed by atoms with Crippen molar-refractivity contribution in [3.8, 4) is 5.75 Å². The van der Waals surface area contributed by atoms with Crippen LogP contribution in [0.3, 0.4) is 0 Å². The SMILES string of the molecule is COC(=O)COc1ccc(Br)cc1/C=C1/NC(=O)NC1=O. The van der Waals surface area contributed by atoms with Gasteiger partial charge in [0, 0.05) is 10.0 Å². The van der Waals surface area contributed by atoms with Gasteiger partial charge in [-0.1, -0.05) is 15.9 Å². The smallest absolute Gasteiger partial charge is 0.343 e. The van der Waals surface area contributed by atoms with Crippen LogP contribution in [0.25, 0.3) is 6.08 Å². The van der Waals surface area contributed by atoms with Crippen LogP contribution in [-0.4, -0.2) is 31.6 Å². The van der Waals surface area contributed by atoms with E-state index in [2.05, 4.69) is 31.3 Å². The Bertz CT molecular complexity index is 641. The van der Waals surface area contributed by atoms with Crippen LogP contribution in [0.2, 0.25) is 0 Å². The van der Waals surface area contributed by atoms with Gasteiger partial charge < -0.3 is 14.8 Å². The summed E-state index contributed by atoms with van der Waals surface area (Å²) in [7, 11) is 1.26. The van der Waals surface area contributed by atoms with Gasteiger partial charge in [0.25, 0.3) is 5.91 Å². The maximum absolute atomic E-state index is 11.5. The predicted molar refractivity (Wildman–Crippen MR) is 76.3 cm³/mol. The van der Waals surface area contributed by atoms with Gasteiger partial charge in [-0.05, 0) is 24.3 Å². The zero-order chi connectivity index (χ0) is 15.4. The molecular weight excluding hydrogens is 344 g/mol. The lowest BCUT2D eigenvalue weighted by atomic mass is 10.1. The number of imide groups is 1. The molecule has 21 heavy (non-hydrogen) atoms. The third-order valence-corrected chi connectivity index (χ3v) is 3.06. The van der Waals surface area contributed by atoms with Crippen molar-refractivity contribution in [3.05, 3.63) is 33.9 Å². The molecule has 0 radical (unpaired) electrons. The lowest BCUT2D eigenvalue weighted by Gasteiger charge is -2.09. The minimum absolute atomic E-state index is 0.0982. The number of rotatable bonds is 4. The average Bonchev–Trinajstić information content (AvgIpc) is 2.75. The summed E-state index contributed by atoms with van der Waals surface area (Å²) in [5.74, 6) is -0.674. The maximum Gasteiger partial charge on any atom is 0.343 e. The molecule has 3 amide bonds. The fraction of sp³-hybridized carbons (Fsp3) is 0.154. The largest absolute Gasteiger partial charge is 0.481 e. The van der Waals surface area contributed by atoms with Crippen LogP contribution < -0.4 is 15.4 Å². The van der Waals surface area contributed by atoms with Crippen LogP contribution in [0.1, 0.15) is 5.56 Å². The molecule has 8 heteroatoms. The summed E-state index contributed by atoms with van der Waals surface area (Å²) in [6.45, 7) is -0.257. The summed E-state index contributed by atoms with van der Waals surface area (Å²) in [5, 5.41) is 4.47. The summed E-state index contributed by atoms with van der Waals surface area (Å²) >= 11 is 3.30. The van der Waals surface area contributed by atoms with E-state index < -0.39 is 17.9 Å². The van der Waals surface area contributed by atoms with E-state index in [1.165, 1.54) is 13.2 Å². The number of urea groups is 1. The number of methoxy groups -OCH3 is 1. The zero-order valence-corrected chi connectivity index (χ0v) is 12.5. The van der Waals surface area contributed by atoms with Crippen LogP contribution in [0.5, 0.6) is 5.75 Å². The molecule has 1 aliphatic rings. The van der Waals surface area contributed by atoms with Crippen molar-refractivity contribution in [1.82, 2.24) is 10.6 Å². The van der Waals surface area contributed by atoms with Gasteiger partial charge in [0.15, 0.2) is 6.61 Å². The fourth-order valence-electron chi connectivity index (χ4n) is 1.60. The molecular formula is C13H11BrN2O5. The Balaban J connectivity index is 2.27. The highest BCUT2D eigenvalue weighted by Gasteiger charge is 2.23. The van der Waals surface area contributed by atoms with Gasteiger partial charge in [-0.15, -0.1) is 0 Å². The number of ether oxygens (including phenoxy) is 2. The van der Waals surface area contributed by atoms with E-state index in [0.717, 1.165) is 4.47 Å². The van der Waals surface area contributed by atoms with Crippen LogP contribution in [0.4, 0.5) is 4.79 Å². The van der Waals surface area contributed by atoms with E-state index in [-0.39, 0.29) is 12.3 Å². The van der Waals surface area contributed by atoms with Crippen molar-refractivity contribution in [2.75, 3.05) is 13.7 Å². The Morgan fingerprint density at radius 1 is 1.33 bits per heavy atom. The summed E-state index contributed by atoms with van der Waals surface area (Å²) in [6, 6.07) is 4.46. The highest BCUT2D eigenvalue weighted by Crippen LogP contribution is 2.25. The summed E-state index contributed by atoms with van der Waals surface area (Å²) in [6.07, 6.45) is 1.46. The lowest BCUT2D eigenvalue weighted by molar-refractivity contribution is -0.142.